The van der Waals surface area contributed by atoms with Crippen molar-refractivity contribution in [3.63, 3.8) is 0 Å². The Kier molecular flexibility index (Phi) is 6.49. The van der Waals surface area contributed by atoms with Crippen molar-refractivity contribution in [3.05, 3.63) is 0 Å². The van der Waals surface area contributed by atoms with E-state index in [2.05, 4.69) is 0 Å². The van der Waals surface area contributed by atoms with Crippen LogP contribution in [-0.2, 0) is 19.6 Å². The highest BCUT2D eigenvalue weighted by molar-refractivity contribution is 7.89. The first-order chi connectivity index (χ1) is 7.28. The van der Waals surface area contributed by atoms with Gasteiger partial charge in [-0.1, -0.05) is 0 Å². The molecule has 0 aliphatic heterocycles. The molecule has 8 heteroatoms. The maximum atomic E-state index is 11.3. The smallest absolute Gasteiger partial charge is 0.324 e. The molecule has 0 bridgehead atoms. The number of aliphatic hydroxyl groups is 1. The largest absolute Gasteiger partial charge is 0.480 e. The van der Waals surface area contributed by atoms with Crippen LogP contribution in [0, 0.1) is 0 Å². The summed E-state index contributed by atoms with van der Waals surface area (Å²) in [4.78, 5) is 10.5. The first-order valence-electron chi connectivity index (χ1n) is 4.73. The maximum absolute atomic E-state index is 11.3. The van der Waals surface area contributed by atoms with Crippen LogP contribution in [0.5, 0.6) is 0 Å². The second kappa shape index (κ2) is 6.79. The van der Waals surface area contributed by atoms with Crippen molar-refractivity contribution in [2.45, 2.75) is 26.0 Å². The van der Waals surface area contributed by atoms with Crippen molar-refractivity contribution in [1.29, 1.82) is 0 Å². The Labute approximate surface area is 94.5 Å². The van der Waals surface area contributed by atoms with Crippen molar-refractivity contribution < 1.29 is 28.2 Å². The summed E-state index contributed by atoms with van der Waals surface area (Å²) in [7, 11) is -3.75. The van der Waals surface area contributed by atoms with Crippen molar-refractivity contribution in [1.82, 2.24) is 4.72 Å². The highest BCUT2D eigenvalue weighted by atomic mass is 32.2. The fourth-order valence-corrected chi connectivity index (χ4v) is 1.88. The molecule has 0 aliphatic carbocycles. The van der Waals surface area contributed by atoms with Crippen LogP contribution in [0.4, 0.5) is 0 Å². The Balaban J connectivity index is 4.18. The summed E-state index contributed by atoms with van der Waals surface area (Å²) in [6.07, 6.45) is -0.0942. The molecule has 0 aliphatic rings. The lowest BCUT2D eigenvalue weighted by Crippen LogP contribution is -2.44. The second-order valence-corrected chi connectivity index (χ2v) is 5.30. The molecule has 3 N–H and O–H groups in total. The van der Waals surface area contributed by atoms with Gasteiger partial charge in [-0.3, -0.25) is 4.79 Å². The molecule has 0 saturated heterocycles. The monoisotopic (exact) mass is 255 g/mol. The van der Waals surface area contributed by atoms with Crippen LogP contribution in [0.25, 0.3) is 0 Å². The fourth-order valence-electron chi connectivity index (χ4n) is 0.835. The van der Waals surface area contributed by atoms with E-state index in [4.69, 9.17) is 14.9 Å². The molecule has 0 aromatic carbocycles. The van der Waals surface area contributed by atoms with E-state index in [9.17, 15) is 13.2 Å². The molecule has 96 valence electrons. The fraction of sp³-hybridized carbons (Fsp3) is 0.875. The van der Waals surface area contributed by atoms with Gasteiger partial charge in [0, 0.05) is 0 Å². The average Bonchev–Trinajstić information content (AvgIpc) is 2.12. The van der Waals surface area contributed by atoms with E-state index in [0.717, 1.165) is 0 Å². The molecule has 0 spiro atoms. The van der Waals surface area contributed by atoms with E-state index < -0.39 is 28.6 Å². The van der Waals surface area contributed by atoms with Crippen LogP contribution in [0.1, 0.15) is 13.8 Å². The summed E-state index contributed by atoms with van der Waals surface area (Å²) in [6, 6.07) is -1.51. The van der Waals surface area contributed by atoms with Gasteiger partial charge in [0.05, 0.1) is 25.1 Å². The minimum atomic E-state index is -3.75. The number of rotatable bonds is 8. The summed E-state index contributed by atoms with van der Waals surface area (Å²) in [5.74, 6) is -1.76. The zero-order valence-electron chi connectivity index (χ0n) is 9.21. The average molecular weight is 255 g/mol. The van der Waals surface area contributed by atoms with E-state index in [1.807, 2.05) is 4.72 Å². The molecule has 0 aromatic rings. The number of aliphatic hydroxyl groups excluding tert-OH is 1. The van der Waals surface area contributed by atoms with Crippen LogP contribution in [0.2, 0.25) is 0 Å². The molecule has 0 radical (unpaired) electrons. The predicted octanol–water partition coefficient (Wildman–Crippen LogP) is -1.22. The van der Waals surface area contributed by atoms with Gasteiger partial charge in [-0.2, -0.15) is 4.72 Å². The number of carbonyl (C=O) groups is 1. The molecular formula is C8H17NO6S. The van der Waals surface area contributed by atoms with Crippen LogP contribution >= 0.6 is 0 Å². The van der Waals surface area contributed by atoms with Crippen LogP contribution in [0.3, 0.4) is 0 Å². The number of hydrogen-bond donors (Lipinski definition) is 3. The Morgan fingerprint density at radius 3 is 2.38 bits per heavy atom. The zero-order chi connectivity index (χ0) is 12.8. The number of carboxylic acids is 1. The second-order valence-electron chi connectivity index (χ2n) is 3.43. The molecule has 0 heterocycles. The standard InChI is InChI=1S/C8H17NO6S/c1-6(2)15-3-4-16(13,14)9-7(5-10)8(11)12/h6-7,9-10H,3-5H2,1-2H3,(H,11,12)/t7-/m0/s1. The molecule has 0 saturated carbocycles. The van der Waals surface area contributed by atoms with Crippen LogP contribution in [-0.4, -0.2) is 55.7 Å². The van der Waals surface area contributed by atoms with Crippen LogP contribution < -0.4 is 4.72 Å². The first kappa shape index (κ1) is 15.3. The van der Waals surface area contributed by atoms with E-state index in [0.29, 0.717) is 0 Å². The first-order valence-corrected chi connectivity index (χ1v) is 6.39. The van der Waals surface area contributed by atoms with Gasteiger partial charge in [0.15, 0.2) is 0 Å². The molecule has 1 atom stereocenters. The molecule has 7 nitrogen and oxygen atoms in total. The third-order valence-corrected chi connectivity index (χ3v) is 2.95. The molecule has 0 amide bonds. The lowest BCUT2D eigenvalue weighted by molar-refractivity contribution is -0.139. The maximum Gasteiger partial charge on any atom is 0.324 e. The van der Waals surface area contributed by atoms with Gasteiger partial charge in [-0.05, 0) is 13.8 Å². The van der Waals surface area contributed by atoms with Gasteiger partial charge in [0.25, 0.3) is 0 Å². The number of hydrogen-bond acceptors (Lipinski definition) is 5. The van der Waals surface area contributed by atoms with Gasteiger partial charge >= 0.3 is 5.97 Å². The number of sulfonamides is 1. The lowest BCUT2D eigenvalue weighted by atomic mass is 10.3. The molecular weight excluding hydrogens is 238 g/mol. The topological polar surface area (TPSA) is 113 Å². The Hall–Kier alpha value is -0.700. The molecule has 0 aromatic heterocycles. The van der Waals surface area contributed by atoms with Gasteiger partial charge in [0.1, 0.15) is 6.04 Å². The van der Waals surface area contributed by atoms with E-state index in [1.54, 1.807) is 13.8 Å². The Morgan fingerprint density at radius 1 is 1.44 bits per heavy atom. The number of ether oxygens (including phenoxy) is 1. The number of nitrogens with one attached hydrogen (secondary N) is 1. The van der Waals surface area contributed by atoms with Crippen LogP contribution in [0.15, 0.2) is 0 Å². The Bertz CT molecular complexity index is 312. The van der Waals surface area contributed by atoms with Crippen molar-refractivity contribution in [2.24, 2.45) is 0 Å². The summed E-state index contributed by atoms with van der Waals surface area (Å²) in [5.41, 5.74) is 0. The minimum absolute atomic E-state index is 0.0230. The summed E-state index contributed by atoms with van der Waals surface area (Å²) in [5, 5.41) is 17.2. The summed E-state index contributed by atoms with van der Waals surface area (Å²) in [6.45, 7) is 2.70. The molecule has 0 fully saturated rings. The summed E-state index contributed by atoms with van der Waals surface area (Å²) < 4.78 is 29.5. The number of aliphatic carboxylic acids is 1. The van der Waals surface area contributed by atoms with Crippen molar-refractivity contribution in [3.8, 4) is 0 Å². The highest BCUT2D eigenvalue weighted by Gasteiger charge is 2.22. The Morgan fingerprint density at radius 2 is 2.00 bits per heavy atom. The third kappa shape index (κ3) is 6.72. The quantitative estimate of drug-likeness (QED) is 0.501. The van der Waals surface area contributed by atoms with Gasteiger partial charge in [-0.25, -0.2) is 8.42 Å². The van der Waals surface area contributed by atoms with E-state index in [-0.39, 0.29) is 18.5 Å². The number of carboxylic acid groups (broad SMARTS) is 1. The third-order valence-electron chi connectivity index (χ3n) is 1.61. The lowest BCUT2D eigenvalue weighted by Gasteiger charge is -2.13. The van der Waals surface area contributed by atoms with Gasteiger partial charge in [0.2, 0.25) is 10.0 Å². The highest BCUT2D eigenvalue weighted by Crippen LogP contribution is 1.93. The SMILES string of the molecule is CC(C)OCCS(=O)(=O)N[C@@H](CO)C(=O)O. The van der Waals surface area contributed by atoms with Gasteiger partial charge < -0.3 is 14.9 Å². The molecule has 16 heavy (non-hydrogen) atoms. The minimum Gasteiger partial charge on any atom is -0.480 e. The summed E-state index contributed by atoms with van der Waals surface area (Å²) >= 11 is 0. The van der Waals surface area contributed by atoms with E-state index in [1.165, 1.54) is 0 Å². The van der Waals surface area contributed by atoms with Crippen molar-refractivity contribution >= 4 is 16.0 Å². The zero-order valence-corrected chi connectivity index (χ0v) is 10.0. The molecule has 0 unspecified atom stereocenters. The predicted molar refractivity (Wildman–Crippen MR) is 56.5 cm³/mol. The normalized spacial score (nSPS) is 14.0. The van der Waals surface area contributed by atoms with E-state index >= 15 is 0 Å². The van der Waals surface area contributed by atoms with Gasteiger partial charge in [-0.15, -0.1) is 0 Å². The van der Waals surface area contributed by atoms with Crippen molar-refractivity contribution in [2.75, 3.05) is 19.0 Å². The molecule has 0 rings (SSSR count).